The molecular weight excluding hydrogens is 246 g/mol. The van der Waals surface area contributed by atoms with Crippen molar-refractivity contribution in [2.75, 3.05) is 7.05 Å². The Morgan fingerprint density at radius 3 is 2.35 bits per heavy atom. The third-order valence-corrected chi connectivity index (χ3v) is 4.94. The van der Waals surface area contributed by atoms with Crippen molar-refractivity contribution in [3.8, 4) is 6.07 Å². The molecule has 3 atom stereocenters. The summed E-state index contributed by atoms with van der Waals surface area (Å²) in [7, 11) is 2.23. The molecule has 0 saturated heterocycles. The molecule has 0 aliphatic heterocycles. The molecule has 0 bridgehead atoms. The lowest BCUT2D eigenvalue weighted by Gasteiger charge is -2.46. The zero-order valence-electron chi connectivity index (χ0n) is 14.5. The number of nitrogens with one attached hydrogen (secondary N) is 1. The lowest BCUT2D eigenvalue weighted by atomic mass is 9.77. The Kier molecular flexibility index (Phi) is 5.63. The molecule has 0 aromatic carbocycles. The van der Waals surface area contributed by atoms with E-state index < -0.39 is 0 Å². The van der Waals surface area contributed by atoms with Crippen LogP contribution in [0.4, 0.5) is 0 Å². The van der Waals surface area contributed by atoms with E-state index in [-0.39, 0.29) is 11.0 Å². The number of rotatable bonds is 4. The first-order valence-electron chi connectivity index (χ1n) is 8.02. The monoisotopic (exact) mass is 279 g/mol. The van der Waals surface area contributed by atoms with Gasteiger partial charge in [0.1, 0.15) is 5.54 Å². The summed E-state index contributed by atoms with van der Waals surface area (Å²) in [5.74, 6) is 0. The highest BCUT2D eigenvalue weighted by atomic mass is 15.2. The van der Waals surface area contributed by atoms with Gasteiger partial charge in [-0.1, -0.05) is 20.8 Å². The van der Waals surface area contributed by atoms with Gasteiger partial charge in [-0.3, -0.25) is 5.32 Å². The predicted octanol–water partition coefficient (Wildman–Crippen LogP) is 3.56. The standard InChI is InChI=1S/C17H33N3/c1-13(2)19-17(12-18)10-8-9-15(11-17)20(7)14(3)16(4,5)6/h13-15,19H,8-11H2,1-7H3. The summed E-state index contributed by atoms with van der Waals surface area (Å²) in [5, 5.41) is 13.2. The molecule has 3 unspecified atom stereocenters. The van der Waals surface area contributed by atoms with Crippen LogP contribution in [-0.2, 0) is 0 Å². The minimum absolute atomic E-state index is 0.271. The van der Waals surface area contributed by atoms with E-state index >= 15 is 0 Å². The molecule has 20 heavy (non-hydrogen) atoms. The molecule has 0 spiro atoms. The van der Waals surface area contributed by atoms with E-state index in [0.717, 1.165) is 19.3 Å². The molecule has 0 amide bonds. The van der Waals surface area contributed by atoms with Crippen molar-refractivity contribution >= 4 is 0 Å². The summed E-state index contributed by atoms with van der Waals surface area (Å²) >= 11 is 0. The summed E-state index contributed by atoms with van der Waals surface area (Å²) < 4.78 is 0. The Balaban J connectivity index is 2.81. The molecule has 3 heteroatoms. The maximum absolute atomic E-state index is 9.66. The van der Waals surface area contributed by atoms with Gasteiger partial charge >= 0.3 is 0 Å². The second-order valence-electron chi connectivity index (χ2n) is 7.95. The number of hydrogen-bond donors (Lipinski definition) is 1. The van der Waals surface area contributed by atoms with E-state index in [4.69, 9.17) is 0 Å². The first-order chi connectivity index (χ1) is 9.11. The van der Waals surface area contributed by atoms with E-state index in [1.54, 1.807) is 0 Å². The maximum atomic E-state index is 9.66. The summed E-state index contributed by atoms with van der Waals surface area (Å²) in [6.07, 6.45) is 4.27. The molecule has 116 valence electrons. The van der Waals surface area contributed by atoms with Crippen molar-refractivity contribution in [3.63, 3.8) is 0 Å². The Hall–Kier alpha value is -0.590. The van der Waals surface area contributed by atoms with Crippen molar-refractivity contribution in [3.05, 3.63) is 0 Å². The van der Waals surface area contributed by atoms with Crippen molar-refractivity contribution in [1.29, 1.82) is 5.26 Å². The van der Waals surface area contributed by atoms with E-state index in [1.165, 1.54) is 6.42 Å². The first-order valence-corrected chi connectivity index (χ1v) is 8.02. The Morgan fingerprint density at radius 2 is 1.90 bits per heavy atom. The molecule has 1 saturated carbocycles. The van der Waals surface area contributed by atoms with E-state index in [9.17, 15) is 5.26 Å². The topological polar surface area (TPSA) is 39.1 Å². The molecule has 1 fully saturated rings. The fourth-order valence-corrected chi connectivity index (χ4v) is 3.34. The Bertz CT molecular complexity index is 350. The van der Waals surface area contributed by atoms with Crippen LogP contribution in [0.25, 0.3) is 0 Å². The van der Waals surface area contributed by atoms with Crippen LogP contribution in [0, 0.1) is 16.7 Å². The summed E-state index contributed by atoms with van der Waals surface area (Å²) in [6.45, 7) is 13.4. The molecule has 0 heterocycles. The van der Waals surface area contributed by atoms with Gasteiger partial charge in [0.2, 0.25) is 0 Å². The van der Waals surface area contributed by atoms with Gasteiger partial charge in [0.25, 0.3) is 0 Å². The van der Waals surface area contributed by atoms with Crippen LogP contribution < -0.4 is 5.32 Å². The highest BCUT2D eigenvalue weighted by Crippen LogP contribution is 2.34. The minimum Gasteiger partial charge on any atom is -0.300 e. The van der Waals surface area contributed by atoms with Gasteiger partial charge in [0.05, 0.1) is 6.07 Å². The summed E-state index contributed by atoms with van der Waals surface area (Å²) in [5.41, 5.74) is -0.0596. The van der Waals surface area contributed by atoms with Crippen LogP contribution in [-0.4, -0.2) is 35.6 Å². The van der Waals surface area contributed by atoms with Crippen LogP contribution in [0.15, 0.2) is 0 Å². The Morgan fingerprint density at radius 1 is 1.30 bits per heavy atom. The van der Waals surface area contributed by atoms with Crippen molar-refractivity contribution < 1.29 is 0 Å². The molecule has 3 nitrogen and oxygen atoms in total. The van der Waals surface area contributed by atoms with Crippen LogP contribution in [0.3, 0.4) is 0 Å². The zero-order chi connectivity index (χ0) is 15.6. The molecule has 0 aromatic heterocycles. The average Bonchev–Trinajstić information content (AvgIpc) is 2.35. The summed E-state index contributed by atoms with van der Waals surface area (Å²) in [4.78, 5) is 2.49. The largest absolute Gasteiger partial charge is 0.300 e. The van der Waals surface area contributed by atoms with E-state index in [2.05, 4.69) is 64.9 Å². The van der Waals surface area contributed by atoms with Crippen LogP contribution >= 0.6 is 0 Å². The van der Waals surface area contributed by atoms with Gasteiger partial charge < -0.3 is 4.90 Å². The Labute approximate surface area is 125 Å². The van der Waals surface area contributed by atoms with E-state index in [0.29, 0.717) is 18.1 Å². The number of hydrogen-bond acceptors (Lipinski definition) is 3. The lowest BCUT2D eigenvalue weighted by Crippen LogP contribution is -2.56. The molecule has 1 rings (SSSR count). The van der Waals surface area contributed by atoms with Crippen molar-refractivity contribution in [1.82, 2.24) is 10.2 Å². The molecule has 0 radical (unpaired) electrons. The maximum Gasteiger partial charge on any atom is 0.108 e. The highest BCUT2D eigenvalue weighted by molar-refractivity contribution is 5.12. The molecule has 1 aliphatic carbocycles. The third-order valence-electron chi connectivity index (χ3n) is 4.94. The number of nitriles is 1. The van der Waals surface area contributed by atoms with Gasteiger partial charge in [-0.2, -0.15) is 5.26 Å². The predicted molar refractivity (Wildman–Crippen MR) is 85.6 cm³/mol. The third kappa shape index (κ3) is 4.20. The fraction of sp³-hybridized carbons (Fsp3) is 0.941. The van der Waals surface area contributed by atoms with E-state index in [1.807, 2.05) is 0 Å². The fourth-order valence-electron chi connectivity index (χ4n) is 3.34. The van der Waals surface area contributed by atoms with Crippen LogP contribution in [0.5, 0.6) is 0 Å². The van der Waals surface area contributed by atoms with Crippen molar-refractivity contribution in [2.45, 2.75) is 90.9 Å². The highest BCUT2D eigenvalue weighted by Gasteiger charge is 2.40. The van der Waals surface area contributed by atoms with Crippen LogP contribution in [0.2, 0.25) is 0 Å². The quantitative estimate of drug-likeness (QED) is 0.855. The minimum atomic E-state index is -0.330. The number of nitrogens with zero attached hydrogens (tertiary/aromatic N) is 2. The smallest absolute Gasteiger partial charge is 0.108 e. The van der Waals surface area contributed by atoms with Gasteiger partial charge in [-0.05, 0) is 58.9 Å². The zero-order valence-corrected chi connectivity index (χ0v) is 14.5. The second kappa shape index (κ2) is 6.45. The van der Waals surface area contributed by atoms with Gasteiger partial charge in [0, 0.05) is 18.1 Å². The lowest BCUT2D eigenvalue weighted by molar-refractivity contribution is 0.0588. The molecular formula is C17H33N3. The SMILES string of the molecule is CC(C)NC1(C#N)CCCC(N(C)C(C)C(C)(C)C)C1. The van der Waals surface area contributed by atoms with Gasteiger partial charge in [-0.25, -0.2) is 0 Å². The molecule has 1 N–H and O–H groups in total. The van der Waals surface area contributed by atoms with Gasteiger partial charge in [-0.15, -0.1) is 0 Å². The summed E-state index contributed by atoms with van der Waals surface area (Å²) in [6, 6.07) is 3.95. The van der Waals surface area contributed by atoms with Gasteiger partial charge in [0.15, 0.2) is 0 Å². The average molecular weight is 279 g/mol. The first kappa shape index (κ1) is 17.5. The molecule has 1 aliphatic rings. The molecule has 0 aromatic rings. The van der Waals surface area contributed by atoms with Crippen LogP contribution in [0.1, 0.15) is 67.2 Å². The van der Waals surface area contributed by atoms with Crippen molar-refractivity contribution in [2.24, 2.45) is 5.41 Å². The second-order valence-corrected chi connectivity index (χ2v) is 7.95. The normalized spacial score (nSPS) is 29.5.